The first kappa shape index (κ1) is 38.7. The molecule has 13 heteroatoms. The van der Waals surface area contributed by atoms with Crippen LogP contribution in [0.2, 0.25) is 0 Å². The van der Waals surface area contributed by atoms with E-state index in [9.17, 15) is 29.3 Å². The number of Topliss-reactive ketones (excluding diaryl/α,β-unsaturated/α-hetero) is 2. The Morgan fingerprint density at radius 2 is 1.38 bits per heavy atom. The summed E-state index contributed by atoms with van der Waals surface area (Å²) in [4.78, 5) is 59.9. The fourth-order valence-corrected chi connectivity index (χ4v) is 4.13. The van der Waals surface area contributed by atoms with Crippen LogP contribution < -0.4 is 5.73 Å². The third-order valence-corrected chi connectivity index (χ3v) is 6.47. The van der Waals surface area contributed by atoms with Gasteiger partial charge in [-0.2, -0.15) is 0 Å². The number of nitrogens with zero attached hydrogens (tertiary/aromatic N) is 1. The maximum Gasteiger partial charge on any atom is 0.325 e. The fourth-order valence-electron chi connectivity index (χ4n) is 4.13. The van der Waals surface area contributed by atoms with Gasteiger partial charge in [-0.05, 0) is 39.0 Å². The summed E-state index contributed by atoms with van der Waals surface area (Å²) >= 11 is 0. The number of hydrogen-bond donors (Lipinski definition) is 1. The molecule has 0 aromatic heterocycles. The van der Waals surface area contributed by atoms with Gasteiger partial charge in [0.1, 0.15) is 12.3 Å². The van der Waals surface area contributed by atoms with E-state index >= 15 is 0 Å². The largest absolute Gasteiger partial charge is 0.489 e. The fraction of sp³-hybridized carbons (Fsp3) is 0.724. The van der Waals surface area contributed by atoms with Crippen LogP contribution in [0.4, 0.5) is 0 Å². The number of carbonyl (C=O) groups is 4. The van der Waals surface area contributed by atoms with Crippen LogP contribution in [0.5, 0.6) is 0 Å². The molecule has 0 spiro atoms. The van der Waals surface area contributed by atoms with Gasteiger partial charge in [-0.15, -0.1) is 10.1 Å². The van der Waals surface area contributed by atoms with Gasteiger partial charge in [-0.3, -0.25) is 14.4 Å². The first-order chi connectivity index (χ1) is 20.2. The van der Waals surface area contributed by atoms with Gasteiger partial charge in [0.15, 0.2) is 0 Å². The van der Waals surface area contributed by atoms with E-state index in [0.717, 1.165) is 70.5 Å². The molecule has 240 valence electrons. The second-order valence-corrected chi connectivity index (χ2v) is 9.71. The number of carbonyl (C=O) groups excluding carboxylic acids is 4. The number of allylic oxidation sites excluding steroid dienone is 2. The molecule has 0 aromatic carbocycles. The van der Waals surface area contributed by atoms with Crippen LogP contribution in [-0.4, -0.2) is 76.1 Å². The van der Waals surface area contributed by atoms with Crippen molar-refractivity contribution in [2.45, 2.75) is 96.4 Å². The molecular weight excluding hydrogens is 552 g/mol. The molecule has 0 radical (unpaired) electrons. The van der Waals surface area contributed by atoms with Crippen LogP contribution >= 0.6 is 0 Å². The SMILES string of the molecule is COCC(N)C(=O)OCCCCCCCCCCC1=C(C)C(=O)C(OC)=C(OC)C1=O.O=CCCCCCO[N+](=O)[O-]. The second kappa shape index (κ2) is 24.3. The Hall–Kier alpha value is -3.32. The number of methoxy groups -OCH3 is 3. The molecule has 2 N–H and O–H groups in total. The quantitative estimate of drug-likeness (QED) is 0.0446. The summed E-state index contributed by atoms with van der Waals surface area (Å²) in [6.07, 6.45) is 12.2. The third-order valence-electron chi connectivity index (χ3n) is 6.47. The highest BCUT2D eigenvalue weighted by molar-refractivity contribution is 6.23. The highest BCUT2D eigenvalue weighted by Gasteiger charge is 2.34. The summed E-state index contributed by atoms with van der Waals surface area (Å²) < 4.78 is 20.1. The topological polar surface area (TPSA) is 184 Å². The average Bonchev–Trinajstić information content (AvgIpc) is 2.97. The van der Waals surface area contributed by atoms with E-state index in [0.29, 0.717) is 37.0 Å². The molecule has 0 heterocycles. The molecular formula is C29H48N2O11. The lowest BCUT2D eigenvalue weighted by molar-refractivity contribution is -0.757. The molecule has 1 unspecified atom stereocenters. The lowest BCUT2D eigenvalue weighted by Gasteiger charge is -2.20. The minimum Gasteiger partial charge on any atom is -0.489 e. The second-order valence-electron chi connectivity index (χ2n) is 9.71. The monoisotopic (exact) mass is 600 g/mol. The van der Waals surface area contributed by atoms with Crippen molar-refractivity contribution < 1.29 is 48.0 Å². The van der Waals surface area contributed by atoms with Gasteiger partial charge in [0.2, 0.25) is 23.1 Å². The Bertz CT molecular complexity index is 915. The molecule has 0 bridgehead atoms. The van der Waals surface area contributed by atoms with Crippen molar-refractivity contribution >= 4 is 23.8 Å². The van der Waals surface area contributed by atoms with Crippen molar-refractivity contribution in [1.82, 2.24) is 0 Å². The number of nitrogens with two attached hydrogens (primary N) is 1. The van der Waals surface area contributed by atoms with E-state index in [1.165, 1.54) is 21.3 Å². The van der Waals surface area contributed by atoms with Crippen molar-refractivity contribution in [2.24, 2.45) is 5.73 Å². The highest BCUT2D eigenvalue weighted by atomic mass is 16.9. The van der Waals surface area contributed by atoms with Crippen LogP contribution in [0.1, 0.15) is 90.4 Å². The standard InChI is InChI=1S/C23H37NO7.C6H11NO4/c1-16-17(20(26)22(30-4)21(29-3)19(16)25)13-11-9-7-5-6-8-10-12-14-31-23(27)18(24)15-28-2;8-5-3-1-2-4-6-11-7(9)10/h18H,5-15,24H2,1-4H3;5H,1-4,6H2. The average molecular weight is 601 g/mol. The Kier molecular flexibility index (Phi) is 22.4. The molecule has 0 fully saturated rings. The summed E-state index contributed by atoms with van der Waals surface area (Å²) in [5, 5.41) is 8.81. The van der Waals surface area contributed by atoms with Gasteiger partial charge < -0.3 is 34.3 Å². The first-order valence-corrected chi connectivity index (χ1v) is 14.4. The Balaban J connectivity index is 0.00000129. The molecule has 42 heavy (non-hydrogen) atoms. The molecule has 1 rings (SSSR count). The molecule has 0 aliphatic heterocycles. The van der Waals surface area contributed by atoms with Crippen LogP contribution in [0, 0.1) is 10.1 Å². The molecule has 1 atom stereocenters. The van der Waals surface area contributed by atoms with Gasteiger partial charge in [0, 0.05) is 24.7 Å². The van der Waals surface area contributed by atoms with Crippen molar-refractivity contribution in [2.75, 3.05) is 41.2 Å². The molecule has 0 saturated heterocycles. The van der Waals surface area contributed by atoms with Gasteiger partial charge in [-0.1, -0.05) is 44.9 Å². The van der Waals surface area contributed by atoms with Crippen molar-refractivity contribution in [1.29, 1.82) is 0 Å². The number of unbranched alkanes of at least 4 members (excludes halogenated alkanes) is 10. The molecule has 0 saturated carbocycles. The van der Waals surface area contributed by atoms with E-state index in [1.54, 1.807) is 6.92 Å². The maximum atomic E-state index is 12.6. The number of ketones is 2. The van der Waals surface area contributed by atoms with Crippen LogP contribution in [-0.2, 0) is 43.0 Å². The number of esters is 1. The number of ether oxygens (including phenoxy) is 4. The van der Waals surface area contributed by atoms with E-state index in [2.05, 4.69) is 4.84 Å². The van der Waals surface area contributed by atoms with E-state index < -0.39 is 17.1 Å². The van der Waals surface area contributed by atoms with Gasteiger partial charge in [-0.25, -0.2) is 0 Å². The molecule has 1 aliphatic carbocycles. The maximum absolute atomic E-state index is 12.6. The van der Waals surface area contributed by atoms with E-state index in [4.69, 9.17) is 24.7 Å². The molecule has 13 nitrogen and oxygen atoms in total. The number of hydrogen-bond acceptors (Lipinski definition) is 12. The van der Waals surface area contributed by atoms with Gasteiger partial charge in [0.05, 0.1) is 34.0 Å². The molecule has 1 aliphatic rings. The van der Waals surface area contributed by atoms with Gasteiger partial charge in [0.25, 0.3) is 5.09 Å². The smallest absolute Gasteiger partial charge is 0.325 e. The lowest BCUT2D eigenvalue weighted by Crippen LogP contribution is -2.36. The lowest BCUT2D eigenvalue weighted by atomic mass is 9.89. The zero-order chi connectivity index (χ0) is 31.8. The summed E-state index contributed by atoms with van der Waals surface area (Å²) in [6.45, 7) is 2.36. The number of rotatable bonds is 23. The minimum atomic E-state index is -0.806. The highest BCUT2D eigenvalue weighted by Crippen LogP contribution is 2.28. The zero-order valence-corrected chi connectivity index (χ0v) is 25.5. The van der Waals surface area contributed by atoms with Crippen LogP contribution in [0.15, 0.2) is 22.7 Å². The van der Waals surface area contributed by atoms with Crippen molar-refractivity contribution in [3.8, 4) is 0 Å². The predicted octanol–water partition coefficient (Wildman–Crippen LogP) is 3.94. The summed E-state index contributed by atoms with van der Waals surface area (Å²) in [6, 6.07) is -0.717. The van der Waals surface area contributed by atoms with Gasteiger partial charge >= 0.3 is 5.97 Å². The number of aldehydes is 1. The van der Waals surface area contributed by atoms with E-state index in [-0.39, 0.29) is 36.3 Å². The van der Waals surface area contributed by atoms with Crippen molar-refractivity contribution in [3.63, 3.8) is 0 Å². The minimum absolute atomic E-state index is 0.000500. The summed E-state index contributed by atoms with van der Waals surface area (Å²) in [5.41, 5.74) is 6.57. The normalized spacial score (nSPS) is 13.7. The summed E-state index contributed by atoms with van der Waals surface area (Å²) in [7, 11) is 4.23. The van der Waals surface area contributed by atoms with Crippen LogP contribution in [0.3, 0.4) is 0 Å². The van der Waals surface area contributed by atoms with Crippen molar-refractivity contribution in [3.05, 3.63) is 32.8 Å². The predicted molar refractivity (Wildman–Crippen MR) is 154 cm³/mol. The third kappa shape index (κ3) is 16.2. The van der Waals surface area contributed by atoms with Crippen LogP contribution in [0.25, 0.3) is 0 Å². The summed E-state index contributed by atoms with van der Waals surface area (Å²) in [5.74, 6) is -0.960. The Morgan fingerprint density at radius 3 is 1.93 bits per heavy atom. The first-order valence-electron chi connectivity index (χ1n) is 14.4. The van der Waals surface area contributed by atoms with E-state index in [1.807, 2.05) is 0 Å². The molecule has 0 aromatic rings. The molecule has 0 amide bonds. The Labute approximate surface area is 248 Å². The zero-order valence-electron chi connectivity index (χ0n) is 25.5. The Morgan fingerprint density at radius 1 is 0.857 bits per heavy atom.